The standard InChI is InChI=1S/C22H31N5O9/c23-13(6-8-17(24)29)19(32)27-16(11-28)21(34)25-14(7-9-18(30)31)20(33)26-15(22(35)36)10-12-4-2-1-3-5-12/h1-5,13-16,28H,6-11,23H2,(H2,24,29)(H,25,34)(H,26,33)(H,27,32)(H,30,31)(H,35,36). The van der Waals surface area contributed by atoms with Gasteiger partial charge < -0.3 is 42.7 Å². The molecule has 0 aliphatic rings. The van der Waals surface area contributed by atoms with E-state index < -0.39 is 79.2 Å². The summed E-state index contributed by atoms with van der Waals surface area (Å²) in [5.41, 5.74) is 11.2. The molecule has 10 N–H and O–H groups in total. The lowest BCUT2D eigenvalue weighted by molar-refractivity contribution is -0.143. The fraction of sp³-hybridized carbons (Fsp3) is 0.455. The van der Waals surface area contributed by atoms with E-state index in [1.165, 1.54) is 0 Å². The maximum atomic E-state index is 12.8. The number of aliphatic carboxylic acids is 2. The number of nitrogens with one attached hydrogen (secondary N) is 3. The number of carboxylic acid groups (broad SMARTS) is 2. The van der Waals surface area contributed by atoms with E-state index in [-0.39, 0.29) is 19.3 Å². The smallest absolute Gasteiger partial charge is 0.326 e. The second-order valence-electron chi connectivity index (χ2n) is 7.94. The number of carbonyl (C=O) groups excluding carboxylic acids is 4. The quantitative estimate of drug-likeness (QED) is 0.114. The maximum Gasteiger partial charge on any atom is 0.326 e. The molecule has 0 spiro atoms. The summed E-state index contributed by atoms with van der Waals surface area (Å²) in [7, 11) is 0. The number of aliphatic hydroxyl groups is 1. The van der Waals surface area contributed by atoms with Crippen molar-refractivity contribution in [2.45, 2.75) is 56.3 Å². The van der Waals surface area contributed by atoms with Gasteiger partial charge in [-0.3, -0.25) is 24.0 Å². The van der Waals surface area contributed by atoms with Gasteiger partial charge in [-0.25, -0.2) is 4.79 Å². The van der Waals surface area contributed by atoms with Crippen LogP contribution < -0.4 is 27.4 Å². The molecule has 1 aromatic carbocycles. The molecule has 36 heavy (non-hydrogen) atoms. The molecule has 4 unspecified atom stereocenters. The highest BCUT2D eigenvalue weighted by Gasteiger charge is 2.30. The zero-order chi connectivity index (χ0) is 27.3. The van der Waals surface area contributed by atoms with Gasteiger partial charge in [-0.2, -0.15) is 0 Å². The van der Waals surface area contributed by atoms with Crippen LogP contribution in [0.4, 0.5) is 0 Å². The number of benzene rings is 1. The van der Waals surface area contributed by atoms with Gasteiger partial charge in [0.1, 0.15) is 18.1 Å². The number of amides is 4. The molecule has 0 heterocycles. The third kappa shape index (κ3) is 10.9. The first kappa shape index (κ1) is 30.0. The van der Waals surface area contributed by atoms with E-state index in [0.29, 0.717) is 5.56 Å². The number of primary amides is 1. The second kappa shape index (κ2) is 15.1. The summed E-state index contributed by atoms with van der Waals surface area (Å²) in [6.07, 6.45) is -1.30. The van der Waals surface area contributed by atoms with Gasteiger partial charge in [-0.15, -0.1) is 0 Å². The van der Waals surface area contributed by atoms with E-state index in [1.807, 2.05) is 0 Å². The zero-order valence-electron chi connectivity index (χ0n) is 19.4. The minimum Gasteiger partial charge on any atom is -0.481 e. The normalized spacial score (nSPS) is 13.9. The monoisotopic (exact) mass is 509 g/mol. The lowest BCUT2D eigenvalue weighted by Crippen LogP contribution is -2.58. The summed E-state index contributed by atoms with van der Waals surface area (Å²) in [6.45, 7) is -0.890. The first-order valence-corrected chi connectivity index (χ1v) is 11.0. The maximum absolute atomic E-state index is 12.8. The van der Waals surface area contributed by atoms with E-state index in [0.717, 1.165) is 0 Å². The average Bonchev–Trinajstić information content (AvgIpc) is 2.82. The Morgan fingerprint density at radius 3 is 1.86 bits per heavy atom. The fourth-order valence-corrected chi connectivity index (χ4v) is 3.03. The number of carbonyl (C=O) groups is 6. The van der Waals surface area contributed by atoms with Crippen LogP contribution in [0.2, 0.25) is 0 Å². The molecule has 4 atom stereocenters. The summed E-state index contributed by atoms with van der Waals surface area (Å²) in [4.78, 5) is 71.1. The molecule has 0 radical (unpaired) electrons. The van der Waals surface area contributed by atoms with Crippen LogP contribution in [-0.2, 0) is 35.2 Å². The molecule has 0 fully saturated rings. The summed E-state index contributed by atoms with van der Waals surface area (Å²) in [5, 5.41) is 34.7. The van der Waals surface area contributed by atoms with Gasteiger partial charge in [0.15, 0.2) is 0 Å². The summed E-state index contributed by atoms with van der Waals surface area (Å²) in [5.74, 6) is -6.17. The Balaban J connectivity index is 2.91. The molecule has 1 rings (SSSR count). The summed E-state index contributed by atoms with van der Waals surface area (Å²) < 4.78 is 0. The van der Waals surface area contributed by atoms with Crippen molar-refractivity contribution in [3.8, 4) is 0 Å². The van der Waals surface area contributed by atoms with Crippen LogP contribution in [0, 0.1) is 0 Å². The molecule has 14 nitrogen and oxygen atoms in total. The van der Waals surface area contributed by atoms with Crippen molar-refractivity contribution in [1.82, 2.24) is 16.0 Å². The third-order valence-electron chi connectivity index (χ3n) is 5.03. The van der Waals surface area contributed by atoms with Gasteiger partial charge >= 0.3 is 11.9 Å². The topological polar surface area (TPSA) is 251 Å². The molecule has 0 aliphatic carbocycles. The van der Waals surface area contributed by atoms with Gasteiger partial charge in [-0.1, -0.05) is 30.3 Å². The predicted molar refractivity (Wildman–Crippen MR) is 124 cm³/mol. The summed E-state index contributed by atoms with van der Waals surface area (Å²) >= 11 is 0. The van der Waals surface area contributed by atoms with E-state index >= 15 is 0 Å². The average molecular weight is 510 g/mol. The number of hydrogen-bond donors (Lipinski definition) is 8. The number of nitrogens with two attached hydrogens (primary N) is 2. The van der Waals surface area contributed by atoms with Crippen LogP contribution in [0.1, 0.15) is 31.2 Å². The molecule has 4 amide bonds. The molecule has 0 saturated heterocycles. The lowest BCUT2D eigenvalue weighted by Gasteiger charge is -2.24. The predicted octanol–water partition coefficient (Wildman–Crippen LogP) is -2.78. The Morgan fingerprint density at radius 2 is 1.33 bits per heavy atom. The second-order valence-corrected chi connectivity index (χ2v) is 7.94. The van der Waals surface area contributed by atoms with E-state index in [4.69, 9.17) is 16.6 Å². The van der Waals surface area contributed by atoms with Crippen LogP contribution >= 0.6 is 0 Å². The van der Waals surface area contributed by atoms with Gasteiger partial charge in [0.2, 0.25) is 23.6 Å². The molecule has 1 aromatic rings. The van der Waals surface area contributed by atoms with Crippen molar-refractivity contribution in [2.24, 2.45) is 11.5 Å². The Hall–Kier alpha value is -4.04. The molecule has 0 aromatic heterocycles. The van der Waals surface area contributed by atoms with Crippen molar-refractivity contribution >= 4 is 35.6 Å². The van der Waals surface area contributed by atoms with E-state index in [1.54, 1.807) is 30.3 Å². The van der Waals surface area contributed by atoms with Crippen LogP contribution in [-0.4, -0.2) is 81.7 Å². The molecule has 0 aliphatic heterocycles. The molecule has 14 heteroatoms. The largest absolute Gasteiger partial charge is 0.481 e. The minimum absolute atomic E-state index is 0.0694. The molecular formula is C22H31N5O9. The molecular weight excluding hydrogens is 478 g/mol. The van der Waals surface area contributed by atoms with Crippen molar-refractivity contribution in [2.75, 3.05) is 6.61 Å². The minimum atomic E-state index is -1.56. The Kier molecular flexibility index (Phi) is 12.5. The lowest BCUT2D eigenvalue weighted by atomic mass is 10.0. The molecule has 0 bridgehead atoms. The Morgan fingerprint density at radius 1 is 0.778 bits per heavy atom. The highest BCUT2D eigenvalue weighted by atomic mass is 16.4. The highest BCUT2D eigenvalue weighted by Crippen LogP contribution is 2.06. The van der Waals surface area contributed by atoms with E-state index in [9.17, 15) is 39.0 Å². The number of aliphatic hydroxyl groups excluding tert-OH is 1. The number of rotatable bonds is 16. The first-order chi connectivity index (χ1) is 16.9. The SMILES string of the molecule is NC(=O)CCC(N)C(=O)NC(CO)C(=O)NC(CCC(=O)O)C(=O)NC(Cc1ccccc1)C(=O)O. The Bertz CT molecular complexity index is 941. The van der Waals surface area contributed by atoms with Crippen molar-refractivity contribution in [3.63, 3.8) is 0 Å². The van der Waals surface area contributed by atoms with Crippen LogP contribution in [0.15, 0.2) is 30.3 Å². The van der Waals surface area contributed by atoms with Crippen molar-refractivity contribution in [3.05, 3.63) is 35.9 Å². The zero-order valence-corrected chi connectivity index (χ0v) is 19.4. The molecule has 198 valence electrons. The van der Waals surface area contributed by atoms with E-state index in [2.05, 4.69) is 16.0 Å². The first-order valence-electron chi connectivity index (χ1n) is 11.0. The van der Waals surface area contributed by atoms with Gasteiger partial charge in [-0.05, 0) is 18.4 Å². The molecule has 0 saturated carbocycles. The summed E-state index contributed by atoms with van der Waals surface area (Å²) in [6, 6.07) is 2.81. The van der Waals surface area contributed by atoms with Crippen LogP contribution in [0.3, 0.4) is 0 Å². The highest BCUT2D eigenvalue weighted by molar-refractivity contribution is 5.94. The van der Waals surface area contributed by atoms with Crippen LogP contribution in [0.5, 0.6) is 0 Å². The van der Waals surface area contributed by atoms with Gasteiger partial charge in [0, 0.05) is 19.3 Å². The van der Waals surface area contributed by atoms with Crippen molar-refractivity contribution < 1.29 is 44.1 Å². The van der Waals surface area contributed by atoms with Crippen LogP contribution in [0.25, 0.3) is 0 Å². The Labute approximate surface area is 206 Å². The van der Waals surface area contributed by atoms with Crippen molar-refractivity contribution in [1.29, 1.82) is 0 Å². The van der Waals surface area contributed by atoms with Gasteiger partial charge in [0.25, 0.3) is 0 Å². The fourth-order valence-electron chi connectivity index (χ4n) is 3.03. The number of carboxylic acids is 2. The van der Waals surface area contributed by atoms with Gasteiger partial charge in [0.05, 0.1) is 12.6 Å². The number of hydrogen-bond acceptors (Lipinski definition) is 8. The third-order valence-corrected chi connectivity index (χ3v) is 5.03.